The van der Waals surface area contributed by atoms with E-state index in [9.17, 15) is 14.7 Å². The van der Waals surface area contributed by atoms with Crippen molar-refractivity contribution in [2.75, 3.05) is 33.2 Å². The number of amides is 1. The first-order chi connectivity index (χ1) is 12.3. The van der Waals surface area contributed by atoms with E-state index >= 15 is 0 Å². The minimum absolute atomic E-state index is 0.0236. The molecule has 1 N–H and O–H groups in total. The van der Waals surface area contributed by atoms with Gasteiger partial charge < -0.3 is 14.9 Å². The van der Waals surface area contributed by atoms with Gasteiger partial charge in [0.1, 0.15) is 0 Å². The van der Waals surface area contributed by atoms with Crippen LogP contribution in [0.25, 0.3) is 0 Å². The zero-order chi connectivity index (χ0) is 18.9. The van der Waals surface area contributed by atoms with Crippen LogP contribution < -0.4 is 0 Å². The molecule has 1 amide bonds. The normalized spacial score (nSPS) is 26.2. The highest BCUT2D eigenvalue weighted by molar-refractivity contribution is 5.89. The van der Waals surface area contributed by atoms with Crippen LogP contribution >= 0.6 is 0 Å². The first-order valence-electron chi connectivity index (χ1n) is 9.61. The number of aliphatic carboxylic acids is 1. The van der Waals surface area contributed by atoms with Crippen molar-refractivity contribution in [1.82, 2.24) is 9.80 Å². The molecule has 26 heavy (non-hydrogen) atoms. The maximum Gasteiger partial charge on any atom is 0.308 e. The number of carbonyl (C=O) groups excluding carboxylic acids is 1. The fraction of sp³-hybridized carbons (Fsp3) is 0.619. The van der Waals surface area contributed by atoms with E-state index < -0.39 is 17.3 Å². The topological polar surface area (TPSA) is 60.9 Å². The van der Waals surface area contributed by atoms with E-state index in [-0.39, 0.29) is 17.7 Å². The Labute approximate surface area is 156 Å². The van der Waals surface area contributed by atoms with E-state index in [2.05, 4.69) is 25.8 Å². The van der Waals surface area contributed by atoms with Crippen LogP contribution in [0.2, 0.25) is 0 Å². The Bertz CT molecular complexity index is 650. The SMILES string of the molecule is CC(C)[C@H]1CN(C(=O)C2(c3ccccc3)CCN(C)CC2)C[C@@H]1C(=O)O. The summed E-state index contributed by atoms with van der Waals surface area (Å²) in [6.07, 6.45) is 1.57. The fourth-order valence-corrected chi connectivity index (χ4v) is 4.62. The lowest BCUT2D eigenvalue weighted by Crippen LogP contribution is -2.52. The van der Waals surface area contributed by atoms with Crippen LogP contribution in [0, 0.1) is 17.8 Å². The zero-order valence-corrected chi connectivity index (χ0v) is 16.0. The molecule has 0 bridgehead atoms. The summed E-state index contributed by atoms with van der Waals surface area (Å²) in [5.41, 5.74) is 0.542. The number of carbonyl (C=O) groups is 2. The van der Waals surface area contributed by atoms with Gasteiger partial charge in [-0.1, -0.05) is 44.2 Å². The molecule has 2 atom stereocenters. The van der Waals surface area contributed by atoms with Gasteiger partial charge in [-0.25, -0.2) is 0 Å². The summed E-state index contributed by atoms with van der Waals surface area (Å²) in [4.78, 5) is 29.5. The largest absolute Gasteiger partial charge is 0.481 e. The number of rotatable bonds is 4. The molecule has 1 aromatic carbocycles. The molecule has 142 valence electrons. The number of likely N-dealkylation sites (tertiary alicyclic amines) is 2. The smallest absolute Gasteiger partial charge is 0.308 e. The predicted octanol–water partition coefficient (Wildman–Crippen LogP) is 2.47. The Balaban J connectivity index is 1.90. The third-order valence-electron chi connectivity index (χ3n) is 6.40. The first-order valence-corrected chi connectivity index (χ1v) is 9.61. The number of carboxylic acid groups (broad SMARTS) is 1. The molecule has 2 aliphatic rings. The van der Waals surface area contributed by atoms with Crippen molar-refractivity contribution in [2.45, 2.75) is 32.1 Å². The highest BCUT2D eigenvalue weighted by Crippen LogP contribution is 2.40. The van der Waals surface area contributed by atoms with Gasteiger partial charge in [-0.3, -0.25) is 9.59 Å². The minimum Gasteiger partial charge on any atom is -0.481 e. The summed E-state index contributed by atoms with van der Waals surface area (Å²) >= 11 is 0. The molecule has 0 spiro atoms. The first kappa shape index (κ1) is 18.9. The fourth-order valence-electron chi connectivity index (χ4n) is 4.62. The zero-order valence-electron chi connectivity index (χ0n) is 16.0. The maximum atomic E-state index is 13.7. The van der Waals surface area contributed by atoms with Crippen molar-refractivity contribution in [3.05, 3.63) is 35.9 Å². The van der Waals surface area contributed by atoms with Gasteiger partial charge in [0, 0.05) is 13.1 Å². The summed E-state index contributed by atoms with van der Waals surface area (Å²) in [6, 6.07) is 10.1. The summed E-state index contributed by atoms with van der Waals surface area (Å²) in [6.45, 7) is 6.75. The number of benzene rings is 1. The molecule has 3 rings (SSSR count). The van der Waals surface area contributed by atoms with Crippen LogP contribution in [-0.2, 0) is 15.0 Å². The van der Waals surface area contributed by atoms with E-state index in [4.69, 9.17) is 0 Å². The Morgan fingerprint density at radius 3 is 2.23 bits per heavy atom. The molecule has 2 aliphatic heterocycles. The lowest BCUT2D eigenvalue weighted by atomic mass is 9.71. The van der Waals surface area contributed by atoms with E-state index in [1.165, 1.54) is 0 Å². The van der Waals surface area contributed by atoms with E-state index in [1.807, 2.05) is 35.2 Å². The third-order valence-corrected chi connectivity index (χ3v) is 6.40. The average molecular weight is 358 g/mol. The van der Waals surface area contributed by atoms with Gasteiger partial charge in [0.25, 0.3) is 0 Å². The molecule has 0 radical (unpaired) electrons. The molecule has 5 nitrogen and oxygen atoms in total. The van der Waals surface area contributed by atoms with Crippen molar-refractivity contribution in [3.8, 4) is 0 Å². The Morgan fingerprint density at radius 1 is 1.12 bits per heavy atom. The quantitative estimate of drug-likeness (QED) is 0.898. The average Bonchev–Trinajstić information content (AvgIpc) is 3.09. The van der Waals surface area contributed by atoms with Crippen molar-refractivity contribution in [3.63, 3.8) is 0 Å². The summed E-state index contributed by atoms with van der Waals surface area (Å²) in [7, 11) is 2.09. The maximum absolute atomic E-state index is 13.7. The van der Waals surface area contributed by atoms with Crippen LogP contribution in [0.5, 0.6) is 0 Å². The summed E-state index contributed by atoms with van der Waals surface area (Å²) in [5, 5.41) is 9.61. The molecule has 0 unspecified atom stereocenters. The molecular formula is C21H30N2O3. The molecule has 2 heterocycles. The van der Waals surface area contributed by atoms with Crippen LogP contribution in [-0.4, -0.2) is 60.0 Å². The molecule has 0 aromatic heterocycles. The van der Waals surface area contributed by atoms with Gasteiger partial charge in [0.2, 0.25) is 5.91 Å². The van der Waals surface area contributed by atoms with E-state index in [1.54, 1.807) is 0 Å². The standard InChI is InChI=1S/C21H30N2O3/c1-15(2)17-13-23(14-18(17)19(24)25)20(26)21(9-11-22(3)12-10-21)16-7-5-4-6-8-16/h4-8,15,17-18H,9-14H2,1-3H3,(H,24,25)/t17-,18+/m1/s1. The van der Waals surface area contributed by atoms with Crippen LogP contribution in [0.1, 0.15) is 32.3 Å². The second kappa shape index (κ2) is 7.39. The summed E-state index contributed by atoms with van der Waals surface area (Å²) in [5.74, 6) is -0.852. The van der Waals surface area contributed by atoms with Crippen LogP contribution in [0.3, 0.4) is 0 Å². The number of hydrogen-bond donors (Lipinski definition) is 1. The van der Waals surface area contributed by atoms with Crippen molar-refractivity contribution >= 4 is 11.9 Å². The van der Waals surface area contributed by atoms with E-state index in [0.717, 1.165) is 31.5 Å². The number of piperidine rings is 1. The molecule has 5 heteroatoms. The van der Waals surface area contributed by atoms with Gasteiger partial charge in [-0.2, -0.15) is 0 Å². The van der Waals surface area contributed by atoms with Crippen LogP contribution in [0.15, 0.2) is 30.3 Å². The van der Waals surface area contributed by atoms with Crippen LogP contribution in [0.4, 0.5) is 0 Å². The molecule has 0 aliphatic carbocycles. The monoisotopic (exact) mass is 358 g/mol. The molecule has 1 aromatic rings. The van der Waals surface area contributed by atoms with Crippen molar-refractivity contribution in [1.29, 1.82) is 0 Å². The lowest BCUT2D eigenvalue weighted by molar-refractivity contribution is -0.143. The Morgan fingerprint density at radius 2 is 1.73 bits per heavy atom. The number of hydrogen-bond acceptors (Lipinski definition) is 3. The van der Waals surface area contributed by atoms with Gasteiger partial charge in [0.05, 0.1) is 11.3 Å². The van der Waals surface area contributed by atoms with Gasteiger partial charge in [-0.05, 0) is 50.4 Å². The van der Waals surface area contributed by atoms with Gasteiger partial charge in [0.15, 0.2) is 0 Å². The molecule has 2 fully saturated rings. The second-order valence-corrected chi connectivity index (χ2v) is 8.31. The number of nitrogens with zero attached hydrogens (tertiary/aromatic N) is 2. The third kappa shape index (κ3) is 3.37. The van der Waals surface area contributed by atoms with Crippen molar-refractivity contribution in [2.24, 2.45) is 17.8 Å². The minimum atomic E-state index is -0.781. The van der Waals surface area contributed by atoms with Gasteiger partial charge in [-0.15, -0.1) is 0 Å². The Kier molecular flexibility index (Phi) is 5.37. The highest BCUT2D eigenvalue weighted by Gasteiger charge is 2.49. The summed E-state index contributed by atoms with van der Waals surface area (Å²) < 4.78 is 0. The van der Waals surface area contributed by atoms with E-state index in [0.29, 0.717) is 13.1 Å². The lowest BCUT2D eigenvalue weighted by Gasteiger charge is -2.42. The predicted molar refractivity (Wildman–Crippen MR) is 101 cm³/mol. The second-order valence-electron chi connectivity index (χ2n) is 8.31. The molecule has 2 saturated heterocycles. The highest BCUT2D eigenvalue weighted by atomic mass is 16.4. The molecular weight excluding hydrogens is 328 g/mol. The Hall–Kier alpha value is -1.88. The van der Waals surface area contributed by atoms with Crippen molar-refractivity contribution < 1.29 is 14.7 Å². The molecule has 0 saturated carbocycles. The van der Waals surface area contributed by atoms with Gasteiger partial charge >= 0.3 is 5.97 Å². The number of carboxylic acids is 1.